The highest BCUT2D eigenvalue weighted by Gasteiger charge is 2.12. The van der Waals surface area contributed by atoms with Gasteiger partial charge in [-0.3, -0.25) is 0 Å². The Hall–Kier alpha value is -1.92. The lowest BCUT2D eigenvalue weighted by molar-refractivity contribution is 0.152. The van der Waals surface area contributed by atoms with Crippen LogP contribution in [-0.4, -0.2) is 73.2 Å². The third-order valence-corrected chi connectivity index (χ3v) is 4.63. The largest absolute Gasteiger partial charge is 0.497 e. The Morgan fingerprint density at radius 1 is 1.12 bits per heavy atom. The molecule has 0 saturated carbocycles. The molecular formula is C18H27N5O. The van der Waals surface area contributed by atoms with Crippen molar-refractivity contribution < 1.29 is 4.74 Å². The quantitative estimate of drug-likeness (QED) is 0.785. The number of likely N-dealkylation sites (N-methyl/N-ethyl adjacent to an activating group) is 1. The number of nitrogens with zero attached hydrogens (tertiary/aromatic N) is 4. The molecule has 2 aromatic rings. The van der Waals surface area contributed by atoms with Gasteiger partial charge in [-0.15, -0.1) is 0 Å². The molecule has 1 saturated heterocycles. The van der Waals surface area contributed by atoms with Crippen molar-refractivity contribution in [3.63, 3.8) is 0 Å². The van der Waals surface area contributed by atoms with E-state index in [4.69, 9.17) is 4.74 Å². The molecule has 6 nitrogen and oxygen atoms in total. The van der Waals surface area contributed by atoms with Crippen molar-refractivity contribution in [3.05, 3.63) is 24.5 Å². The number of anilines is 1. The molecule has 1 fully saturated rings. The van der Waals surface area contributed by atoms with Crippen LogP contribution in [0.3, 0.4) is 0 Å². The van der Waals surface area contributed by atoms with Gasteiger partial charge in [0, 0.05) is 44.2 Å². The Balaban J connectivity index is 1.46. The molecule has 1 aromatic carbocycles. The van der Waals surface area contributed by atoms with Gasteiger partial charge < -0.3 is 19.9 Å². The van der Waals surface area contributed by atoms with Gasteiger partial charge >= 0.3 is 0 Å². The average Bonchev–Trinajstić information content (AvgIpc) is 2.62. The third-order valence-electron chi connectivity index (χ3n) is 4.63. The number of methoxy groups -OCH3 is 1. The monoisotopic (exact) mass is 329 g/mol. The first-order chi connectivity index (χ1) is 11.8. The first kappa shape index (κ1) is 16.9. The minimum atomic E-state index is 0.819. The Labute approximate surface area is 143 Å². The van der Waals surface area contributed by atoms with Gasteiger partial charge in [-0.25, -0.2) is 9.97 Å². The van der Waals surface area contributed by atoms with E-state index < -0.39 is 0 Å². The summed E-state index contributed by atoms with van der Waals surface area (Å²) in [5, 5.41) is 4.49. The summed E-state index contributed by atoms with van der Waals surface area (Å²) >= 11 is 0. The number of hydrogen-bond acceptors (Lipinski definition) is 6. The number of hydrogen-bond donors (Lipinski definition) is 1. The van der Waals surface area contributed by atoms with Crippen LogP contribution in [0, 0.1) is 0 Å². The molecule has 0 aliphatic carbocycles. The Morgan fingerprint density at radius 2 is 1.96 bits per heavy atom. The number of ether oxygens (including phenoxy) is 1. The lowest BCUT2D eigenvalue weighted by Gasteiger charge is -2.32. The van der Waals surface area contributed by atoms with Crippen LogP contribution in [-0.2, 0) is 0 Å². The number of nitrogens with one attached hydrogen (secondary N) is 1. The van der Waals surface area contributed by atoms with Gasteiger partial charge in [0.15, 0.2) is 0 Å². The van der Waals surface area contributed by atoms with Crippen molar-refractivity contribution >= 4 is 16.7 Å². The third kappa shape index (κ3) is 4.33. The van der Waals surface area contributed by atoms with Crippen LogP contribution in [0.15, 0.2) is 24.5 Å². The Morgan fingerprint density at radius 3 is 2.75 bits per heavy atom. The fourth-order valence-corrected chi connectivity index (χ4v) is 3.04. The normalized spacial score (nSPS) is 16.4. The van der Waals surface area contributed by atoms with Crippen molar-refractivity contribution in [1.82, 2.24) is 19.8 Å². The van der Waals surface area contributed by atoms with E-state index in [0.29, 0.717) is 0 Å². The van der Waals surface area contributed by atoms with E-state index in [9.17, 15) is 0 Å². The lowest BCUT2D eigenvalue weighted by Crippen LogP contribution is -2.44. The molecule has 0 unspecified atom stereocenters. The second-order valence-corrected chi connectivity index (χ2v) is 6.38. The summed E-state index contributed by atoms with van der Waals surface area (Å²) in [5.74, 6) is 1.72. The summed E-state index contributed by atoms with van der Waals surface area (Å²) in [4.78, 5) is 13.7. The molecule has 0 spiro atoms. The van der Waals surface area contributed by atoms with Crippen molar-refractivity contribution in [3.8, 4) is 5.75 Å². The molecule has 6 heteroatoms. The maximum absolute atomic E-state index is 5.25. The first-order valence-corrected chi connectivity index (χ1v) is 8.70. The summed E-state index contributed by atoms with van der Waals surface area (Å²) in [5.41, 5.74) is 0.907. The molecule has 1 aliphatic heterocycles. The van der Waals surface area contributed by atoms with Gasteiger partial charge in [0.1, 0.15) is 17.9 Å². The molecule has 0 amide bonds. The number of piperazine rings is 1. The average molecular weight is 329 g/mol. The van der Waals surface area contributed by atoms with Crippen molar-refractivity contribution in [2.24, 2.45) is 0 Å². The summed E-state index contributed by atoms with van der Waals surface area (Å²) in [6, 6.07) is 5.90. The van der Waals surface area contributed by atoms with Crippen molar-refractivity contribution in [2.45, 2.75) is 12.8 Å². The summed E-state index contributed by atoms with van der Waals surface area (Å²) in [6.07, 6.45) is 3.97. The number of unbranched alkanes of at least 4 members (excludes halogenated alkanes) is 1. The lowest BCUT2D eigenvalue weighted by atomic mass is 10.2. The molecular weight excluding hydrogens is 302 g/mol. The number of benzene rings is 1. The van der Waals surface area contributed by atoms with Crippen LogP contribution in [0.4, 0.5) is 5.82 Å². The fraction of sp³-hybridized carbons (Fsp3) is 0.556. The summed E-state index contributed by atoms with van der Waals surface area (Å²) in [6.45, 7) is 6.90. The van der Waals surface area contributed by atoms with Gasteiger partial charge in [0.05, 0.1) is 12.6 Å². The van der Waals surface area contributed by atoms with Crippen LogP contribution < -0.4 is 10.1 Å². The van der Waals surface area contributed by atoms with Gasteiger partial charge in [-0.2, -0.15) is 0 Å². The molecule has 3 rings (SSSR count). The highest BCUT2D eigenvalue weighted by atomic mass is 16.5. The minimum absolute atomic E-state index is 0.819. The van der Waals surface area contributed by atoms with Crippen LogP contribution >= 0.6 is 0 Å². The molecule has 1 N–H and O–H groups in total. The SMILES string of the molecule is COc1ccc2c(NCCCCN3CCN(C)CC3)ncnc2c1. The zero-order valence-electron chi connectivity index (χ0n) is 14.7. The molecule has 0 bridgehead atoms. The standard InChI is InChI=1S/C18H27N5O/c1-22-9-11-23(12-10-22)8-4-3-7-19-18-16-6-5-15(24-2)13-17(16)20-14-21-18/h5-6,13-14H,3-4,7-12H2,1-2H3,(H,19,20,21). The summed E-state index contributed by atoms with van der Waals surface area (Å²) in [7, 11) is 3.87. The number of fused-ring (bicyclic) bond motifs is 1. The van der Waals surface area contributed by atoms with Crippen LogP contribution in [0.5, 0.6) is 5.75 Å². The van der Waals surface area contributed by atoms with E-state index in [-0.39, 0.29) is 0 Å². The molecule has 2 heterocycles. The van der Waals surface area contributed by atoms with Gasteiger partial charge in [0.2, 0.25) is 0 Å². The maximum atomic E-state index is 5.25. The molecule has 24 heavy (non-hydrogen) atoms. The van der Waals surface area contributed by atoms with Crippen LogP contribution in [0.2, 0.25) is 0 Å². The molecule has 130 valence electrons. The fourth-order valence-electron chi connectivity index (χ4n) is 3.04. The van der Waals surface area contributed by atoms with Crippen molar-refractivity contribution in [2.75, 3.05) is 58.7 Å². The first-order valence-electron chi connectivity index (χ1n) is 8.70. The van der Waals surface area contributed by atoms with Crippen LogP contribution in [0.25, 0.3) is 10.9 Å². The van der Waals surface area contributed by atoms with Crippen molar-refractivity contribution in [1.29, 1.82) is 0 Å². The van der Waals surface area contributed by atoms with Gasteiger partial charge in [0.25, 0.3) is 0 Å². The zero-order valence-corrected chi connectivity index (χ0v) is 14.7. The van der Waals surface area contributed by atoms with Crippen LogP contribution in [0.1, 0.15) is 12.8 Å². The van der Waals surface area contributed by atoms with E-state index in [1.54, 1.807) is 13.4 Å². The topological polar surface area (TPSA) is 53.5 Å². The second kappa shape index (κ2) is 8.26. The van der Waals surface area contributed by atoms with E-state index >= 15 is 0 Å². The molecule has 1 aromatic heterocycles. The predicted octanol–water partition coefficient (Wildman–Crippen LogP) is 2.08. The predicted molar refractivity (Wildman–Crippen MR) is 97.8 cm³/mol. The number of rotatable bonds is 7. The minimum Gasteiger partial charge on any atom is -0.497 e. The summed E-state index contributed by atoms with van der Waals surface area (Å²) < 4.78 is 5.25. The highest BCUT2D eigenvalue weighted by molar-refractivity contribution is 5.89. The van der Waals surface area contributed by atoms with E-state index in [1.165, 1.54) is 39.1 Å². The Kier molecular flexibility index (Phi) is 5.82. The van der Waals surface area contributed by atoms with Gasteiger partial charge in [-0.1, -0.05) is 0 Å². The maximum Gasteiger partial charge on any atom is 0.137 e. The molecule has 1 aliphatic rings. The zero-order chi connectivity index (χ0) is 16.8. The Bertz CT molecular complexity index is 655. The van der Waals surface area contributed by atoms with Gasteiger partial charge in [-0.05, 0) is 38.6 Å². The highest BCUT2D eigenvalue weighted by Crippen LogP contribution is 2.23. The van der Waals surface area contributed by atoms with E-state index in [0.717, 1.165) is 35.4 Å². The number of aromatic nitrogens is 2. The van der Waals surface area contributed by atoms with E-state index in [1.807, 2.05) is 18.2 Å². The smallest absolute Gasteiger partial charge is 0.137 e. The second-order valence-electron chi connectivity index (χ2n) is 6.38. The van der Waals surface area contributed by atoms with E-state index in [2.05, 4.69) is 32.1 Å². The molecule has 0 atom stereocenters. The molecule has 0 radical (unpaired) electrons.